The molecule has 0 heterocycles. The van der Waals surface area contributed by atoms with E-state index in [-0.39, 0.29) is 5.91 Å². The van der Waals surface area contributed by atoms with Crippen molar-refractivity contribution in [3.8, 4) is 0 Å². The molecule has 0 saturated carbocycles. The summed E-state index contributed by atoms with van der Waals surface area (Å²) in [6, 6.07) is 13.9. The van der Waals surface area contributed by atoms with E-state index in [0.29, 0.717) is 22.0 Å². The van der Waals surface area contributed by atoms with E-state index >= 15 is 0 Å². The summed E-state index contributed by atoms with van der Waals surface area (Å²) in [5.41, 5.74) is 4.22. The fourth-order valence-electron chi connectivity index (χ4n) is 1.54. The van der Waals surface area contributed by atoms with E-state index in [0.717, 1.165) is 0 Å². The van der Waals surface area contributed by atoms with Crippen molar-refractivity contribution in [2.24, 2.45) is 5.84 Å². The van der Waals surface area contributed by atoms with Gasteiger partial charge in [0.1, 0.15) is 0 Å². The Morgan fingerprint density at radius 1 is 1.06 bits per heavy atom. The molecule has 2 rings (SSSR count). The summed E-state index contributed by atoms with van der Waals surface area (Å²) in [4.78, 5) is 12.0. The monoisotopic (exact) mass is 261 g/mol. The van der Waals surface area contributed by atoms with Gasteiger partial charge in [0.2, 0.25) is 0 Å². The minimum Gasteiger partial charge on any atom is -0.323 e. The standard InChI is InChI=1S/C13H12ClN3O/c14-9-5-7-10(8-6-9)16-13(18)11-3-1-2-4-12(11)17-15/h1-8,17H,15H2,(H,16,18). The van der Waals surface area contributed by atoms with Gasteiger partial charge in [-0.2, -0.15) is 0 Å². The molecule has 0 aromatic heterocycles. The number of benzene rings is 2. The molecule has 0 saturated heterocycles. The Bertz CT molecular complexity index is 554. The topological polar surface area (TPSA) is 67.1 Å². The molecule has 4 N–H and O–H groups in total. The molecule has 0 atom stereocenters. The van der Waals surface area contributed by atoms with Crippen LogP contribution in [0.2, 0.25) is 5.02 Å². The van der Waals surface area contributed by atoms with Crippen molar-refractivity contribution in [2.75, 3.05) is 10.7 Å². The lowest BCUT2D eigenvalue weighted by Crippen LogP contribution is -2.17. The van der Waals surface area contributed by atoms with E-state index in [1.807, 2.05) is 0 Å². The van der Waals surface area contributed by atoms with Crippen LogP contribution in [-0.2, 0) is 0 Å². The van der Waals surface area contributed by atoms with Crippen LogP contribution >= 0.6 is 11.6 Å². The Hall–Kier alpha value is -2.04. The highest BCUT2D eigenvalue weighted by Crippen LogP contribution is 2.17. The second kappa shape index (κ2) is 5.53. The lowest BCUT2D eigenvalue weighted by Gasteiger charge is -2.09. The Balaban J connectivity index is 2.19. The van der Waals surface area contributed by atoms with Crippen molar-refractivity contribution in [1.82, 2.24) is 0 Å². The third kappa shape index (κ3) is 2.80. The van der Waals surface area contributed by atoms with Crippen LogP contribution in [0.3, 0.4) is 0 Å². The Morgan fingerprint density at radius 2 is 1.72 bits per heavy atom. The molecule has 0 aliphatic rings. The minimum atomic E-state index is -0.231. The number of nitrogen functional groups attached to an aromatic ring is 1. The summed E-state index contributed by atoms with van der Waals surface area (Å²) in [5, 5.41) is 3.39. The number of hydrogen-bond donors (Lipinski definition) is 3. The molecule has 5 heteroatoms. The zero-order valence-electron chi connectivity index (χ0n) is 9.48. The second-order valence-electron chi connectivity index (χ2n) is 3.65. The van der Waals surface area contributed by atoms with E-state index in [1.54, 1.807) is 48.5 Å². The number of halogens is 1. The number of nitrogens with one attached hydrogen (secondary N) is 2. The van der Waals surface area contributed by atoms with Crippen LogP contribution in [0.4, 0.5) is 11.4 Å². The highest BCUT2D eigenvalue weighted by molar-refractivity contribution is 6.30. The van der Waals surface area contributed by atoms with Gasteiger partial charge in [-0.05, 0) is 36.4 Å². The normalized spacial score (nSPS) is 9.89. The molecule has 0 bridgehead atoms. The van der Waals surface area contributed by atoms with Gasteiger partial charge in [-0.15, -0.1) is 0 Å². The predicted molar refractivity (Wildman–Crippen MR) is 73.7 cm³/mol. The fraction of sp³-hybridized carbons (Fsp3) is 0. The van der Waals surface area contributed by atoms with Gasteiger partial charge in [-0.25, -0.2) is 0 Å². The molecule has 0 spiro atoms. The summed E-state index contributed by atoms with van der Waals surface area (Å²) in [6.45, 7) is 0. The molecule has 0 fully saturated rings. The lowest BCUT2D eigenvalue weighted by atomic mass is 10.1. The Morgan fingerprint density at radius 3 is 2.39 bits per heavy atom. The molecule has 1 amide bonds. The number of rotatable bonds is 3. The van der Waals surface area contributed by atoms with Gasteiger partial charge in [0.05, 0.1) is 11.3 Å². The number of anilines is 2. The third-order valence-electron chi connectivity index (χ3n) is 2.43. The number of carbonyl (C=O) groups excluding carboxylic acids is 1. The lowest BCUT2D eigenvalue weighted by molar-refractivity contribution is 0.102. The van der Waals surface area contributed by atoms with Crippen molar-refractivity contribution >= 4 is 28.9 Å². The highest BCUT2D eigenvalue weighted by Gasteiger charge is 2.10. The van der Waals surface area contributed by atoms with Crippen molar-refractivity contribution < 1.29 is 4.79 Å². The van der Waals surface area contributed by atoms with Crippen molar-refractivity contribution in [2.45, 2.75) is 0 Å². The maximum Gasteiger partial charge on any atom is 0.257 e. The van der Waals surface area contributed by atoms with Crippen LogP contribution in [0.1, 0.15) is 10.4 Å². The molecule has 0 unspecified atom stereocenters. The second-order valence-corrected chi connectivity index (χ2v) is 4.09. The van der Waals surface area contributed by atoms with E-state index in [9.17, 15) is 4.79 Å². The Kier molecular flexibility index (Phi) is 3.82. The first-order valence-corrected chi connectivity index (χ1v) is 5.71. The van der Waals surface area contributed by atoms with E-state index in [2.05, 4.69) is 10.7 Å². The van der Waals surface area contributed by atoms with Gasteiger partial charge >= 0.3 is 0 Å². The number of hydrazine groups is 1. The number of nitrogens with two attached hydrogens (primary N) is 1. The minimum absolute atomic E-state index is 0.231. The molecule has 2 aromatic rings. The predicted octanol–water partition coefficient (Wildman–Crippen LogP) is 2.88. The van der Waals surface area contributed by atoms with Crippen LogP contribution < -0.4 is 16.6 Å². The van der Waals surface area contributed by atoms with Crippen molar-refractivity contribution in [1.29, 1.82) is 0 Å². The first kappa shape index (κ1) is 12.4. The van der Waals surface area contributed by atoms with Gasteiger partial charge < -0.3 is 10.7 Å². The summed E-state index contributed by atoms with van der Waals surface area (Å²) in [5.74, 6) is 5.12. The van der Waals surface area contributed by atoms with E-state index in [1.165, 1.54) is 0 Å². The highest BCUT2D eigenvalue weighted by atomic mass is 35.5. The summed E-state index contributed by atoms with van der Waals surface area (Å²) < 4.78 is 0. The average Bonchev–Trinajstić information content (AvgIpc) is 2.41. The molecule has 4 nitrogen and oxygen atoms in total. The van der Waals surface area contributed by atoms with Crippen LogP contribution in [0, 0.1) is 0 Å². The molecular weight excluding hydrogens is 250 g/mol. The molecule has 0 radical (unpaired) electrons. The average molecular weight is 262 g/mol. The smallest absolute Gasteiger partial charge is 0.257 e. The van der Waals surface area contributed by atoms with Gasteiger partial charge in [0, 0.05) is 10.7 Å². The summed E-state index contributed by atoms with van der Waals surface area (Å²) in [6.07, 6.45) is 0. The molecule has 2 aromatic carbocycles. The first-order valence-electron chi connectivity index (χ1n) is 5.33. The zero-order valence-corrected chi connectivity index (χ0v) is 10.2. The maximum absolute atomic E-state index is 12.0. The SMILES string of the molecule is NNc1ccccc1C(=O)Nc1ccc(Cl)cc1. The van der Waals surface area contributed by atoms with Crippen LogP contribution in [0.5, 0.6) is 0 Å². The molecule has 92 valence electrons. The van der Waals surface area contributed by atoms with Gasteiger partial charge in [0.25, 0.3) is 5.91 Å². The van der Waals surface area contributed by atoms with Crippen molar-refractivity contribution in [3.05, 3.63) is 59.1 Å². The van der Waals surface area contributed by atoms with E-state index in [4.69, 9.17) is 17.4 Å². The van der Waals surface area contributed by atoms with Crippen LogP contribution in [0.15, 0.2) is 48.5 Å². The number of hydrogen-bond acceptors (Lipinski definition) is 3. The van der Waals surface area contributed by atoms with E-state index < -0.39 is 0 Å². The fourth-order valence-corrected chi connectivity index (χ4v) is 1.66. The van der Waals surface area contributed by atoms with Gasteiger partial charge in [-0.3, -0.25) is 10.6 Å². The third-order valence-corrected chi connectivity index (χ3v) is 2.68. The molecule has 0 aliphatic heterocycles. The zero-order chi connectivity index (χ0) is 13.0. The number of carbonyl (C=O) groups is 1. The number of amides is 1. The van der Waals surface area contributed by atoms with Crippen LogP contribution in [0.25, 0.3) is 0 Å². The quantitative estimate of drug-likeness (QED) is 0.588. The van der Waals surface area contributed by atoms with Crippen LogP contribution in [-0.4, -0.2) is 5.91 Å². The maximum atomic E-state index is 12.0. The molecule has 0 aliphatic carbocycles. The van der Waals surface area contributed by atoms with Gasteiger partial charge in [-0.1, -0.05) is 23.7 Å². The Labute approximate surface area is 110 Å². The largest absolute Gasteiger partial charge is 0.323 e. The van der Waals surface area contributed by atoms with Gasteiger partial charge in [0.15, 0.2) is 0 Å². The number of para-hydroxylation sites is 1. The molecular formula is C13H12ClN3O. The first-order chi connectivity index (χ1) is 8.70. The summed E-state index contributed by atoms with van der Waals surface area (Å²) in [7, 11) is 0. The molecule has 18 heavy (non-hydrogen) atoms. The summed E-state index contributed by atoms with van der Waals surface area (Å²) >= 11 is 5.77. The van der Waals surface area contributed by atoms with Crippen molar-refractivity contribution in [3.63, 3.8) is 0 Å².